The lowest BCUT2D eigenvalue weighted by Crippen LogP contribution is -2.10. The number of nitrogens with one attached hydrogen (secondary N) is 1. The van der Waals surface area contributed by atoms with Gasteiger partial charge in [0, 0.05) is 27.2 Å². The van der Waals surface area contributed by atoms with Gasteiger partial charge in [0.2, 0.25) is 0 Å². The molecule has 0 saturated heterocycles. The van der Waals surface area contributed by atoms with Crippen LogP contribution < -0.4 is 11.2 Å². The van der Waals surface area contributed by atoms with Gasteiger partial charge >= 0.3 is 0 Å². The summed E-state index contributed by atoms with van der Waals surface area (Å²) in [5.74, 6) is 0. The van der Waals surface area contributed by atoms with Crippen molar-refractivity contribution in [1.82, 2.24) is 9.24 Å². The number of para-hydroxylation sites is 3. The van der Waals surface area contributed by atoms with Crippen molar-refractivity contribution in [3.8, 4) is 5.69 Å². The molecule has 0 radical (unpaired) electrons. The molecule has 4 nitrogen and oxygen atoms in total. The highest BCUT2D eigenvalue weighted by Crippen LogP contribution is 2.47. The van der Waals surface area contributed by atoms with E-state index in [-0.39, 0.29) is 0 Å². The monoisotopic (exact) mass is 562 g/mol. The molecule has 0 aliphatic heterocycles. The summed E-state index contributed by atoms with van der Waals surface area (Å²) in [6, 6.07) is 50.1. The first kappa shape index (κ1) is 23.6. The van der Waals surface area contributed by atoms with Crippen molar-refractivity contribution in [2.24, 2.45) is 0 Å². The predicted molar refractivity (Wildman–Crippen MR) is 187 cm³/mol. The van der Waals surface area contributed by atoms with Crippen LogP contribution in [0.25, 0.3) is 81.6 Å². The fourth-order valence-electron chi connectivity index (χ4n) is 7.53. The maximum absolute atomic E-state index is 6.46. The average Bonchev–Trinajstić information content (AvgIpc) is 3.58. The van der Waals surface area contributed by atoms with Gasteiger partial charge in [0.1, 0.15) is 0 Å². The van der Waals surface area contributed by atoms with E-state index >= 15 is 0 Å². The van der Waals surface area contributed by atoms with Gasteiger partial charge in [-0.1, -0.05) is 78.9 Å². The number of aromatic nitrogens is 2. The summed E-state index contributed by atoms with van der Waals surface area (Å²) in [5, 5.41) is 12.5. The van der Waals surface area contributed by atoms with Gasteiger partial charge in [0.05, 0.1) is 33.4 Å². The largest absolute Gasteiger partial charge is 0.397 e. The van der Waals surface area contributed by atoms with Crippen LogP contribution in [-0.4, -0.2) is 9.24 Å². The molecule has 0 unspecified atom stereocenters. The Morgan fingerprint density at radius 1 is 0.432 bits per heavy atom. The highest BCUT2D eigenvalue weighted by molar-refractivity contribution is 6.39. The quantitative estimate of drug-likeness (QED) is 0.211. The van der Waals surface area contributed by atoms with Gasteiger partial charge in [0.15, 0.2) is 0 Å². The number of nitrogens with zero attached hydrogens (tertiary/aromatic N) is 2. The smallest absolute Gasteiger partial charge is 0.0775 e. The minimum absolute atomic E-state index is 0.712. The summed E-state index contributed by atoms with van der Waals surface area (Å²) in [4.78, 5) is 0. The van der Waals surface area contributed by atoms with E-state index in [0.717, 1.165) is 22.4 Å². The Balaban J connectivity index is 1.52. The zero-order chi connectivity index (χ0) is 28.9. The van der Waals surface area contributed by atoms with Gasteiger partial charge in [0.25, 0.3) is 0 Å². The second-order valence-electron chi connectivity index (χ2n) is 11.7. The van der Waals surface area contributed by atoms with Crippen LogP contribution in [0.1, 0.15) is 0 Å². The Kier molecular flexibility index (Phi) is 4.56. The fourth-order valence-corrected chi connectivity index (χ4v) is 7.53. The lowest BCUT2D eigenvalue weighted by molar-refractivity contribution is 1.06. The Labute approximate surface area is 252 Å². The van der Waals surface area contributed by atoms with E-state index in [1.54, 1.807) is 0 Å². The molecular formula is C40H26N4. The highest BCUT2D eigenvalue weighted by Gasteiger charge is 2.24. The first-order valence-electron chi connectivity index (χ1n) is 15.0. The van der Waals surface area contributed by atoms with Crippen molar-refractivity contribution in [3.05, 3.63) is 140 Å². The molecule has 2 aromatic heterocycles. The van der Waals surface area contributed by atoms with E-state index in [0.29, 0.717) is 5.69 Å². The Morgan fingerprint density at radius 2 is 0.977 bits per heavy atom. The molecule has 0 bridgehead atoms. The van der Waals surface area contributed by atoms with E-state index in [1.807, 2.05) is 24.3 Å². The lowest BCUT2D eigenvalue weighted by atomic mass is 9.93. The van der Waals surface area contributed by atoms with Gasteiger partial charge in [-0.15, -0.1) is 0 Å². The third-order valence-corrected chi connectivity index (χ3v) is 9.38. The number of nitrogen functional groups attached to an aromatic ring is 1. The lowest BCUT2D eigenvalue weighted by Gasteiger charge is -2.13. The number of anilines is 2. The molecule has 0 atom stereocenters. The van der Waals surface area contributed by atoms with Crippen molar-refractivity contribution >= 4 is 87.3 Å². The van der Waals surface area contributed by atoms with Crippen LogP contribution in [0, 0.1) is 0 Å². The summed E-state index contributed by atoms with van der Waals surface area (Å²) >= 11 is 0. The zero-order valence-corrected chi connectivity index (χ0v) is 23.8. The second kappa shape index (κ2) is 8.52. The van der Waals surface area contributed by atoms with E-state index in [2.05, 4.69) is 130 Å². The number of rotatable bonds is 3. The van der Waals surface area contributed by atoms with Crippen LogP contribution in [0.2, 0.25) is 0 Å². The molecule has 8 aromatic carbocycles. The van der Waals surface area contributed by atoms with Gasteiger partial charge < -0.3 is 10.3 Å². The normalized spacial score (nSPS) is 12.2. The van der Waals surface area contributed by atoms with Crippen molar-refractivity contribution in [3.63, 3.8) is 0 Å². The Morgan fingerprint density at radius 3 is 1.70 bits per heavy atom. The number of benzene rings is 7. The molecule has 10 aromatic rings. The first-order chi connectivity index (χ1) is 21.8. The van der Waals surface area contributed by atoms with Crippen molar-refractivity contribution in [2.75, 3.05) is 11.2 Å². The molecule has 0 aliphatic rings. The van der Waals surface area contributed by atoms with Crippen molar-refractivity contribution in [2.45, 2.75) is 0 Å². The maximum atomic E-state index is 6.46. The number of hydrogen-bond donors (Lipinski definition) is 2. The highest BCUT2D eigenvalue weighted by atomic mass is 15.4. The molecule has 10 rings (SSSR count). The maximum Gasteiger partial charge on any atom is 0.0775 e. The topological polar surface area (TPSA) is 47.9 Å². The molecule has 0 aliphatic carbocycles. The number of fused-ring (bicyclic) bond motifs is 4. The summed E-state index contributed by atoms with van der Waals surface area (Å²) in [6.45, 7) is 0. The van der Waals surface area contributed by atoms with E-state index in [1.165, 1.54) is 64.9 Å². The van der Waals surface area contributed by atoms with Gasteiger partial charge in [-0.2, -0.15) is 0 Å². The Hall–Kier alpha value is -6.00. The van der Waals surface area contributed by atoms with Crippen LogP contribution in [0.4, 0.5) is 11.4 Å². The standard InChI is InChI=1S/C40H26N4/c41-31-16-6-7-17-32(31)42-44-35-19-9-15-28-30-23-25-11-5-4-10-24(25)22-29(30)27-14-8-18-33-37(27)39-34(20-21-36(44)40(39)38(28)35)43(33)26-12-2-1-3-13-26/h1-23,42H,41H2. The first-order valence-corrected chi connectivity index (χ1v) is 15.0. The van der Waals surface area contributed by atoms with E-state index < -0.39 is 0 Å². The third-order valence-electron chi connectivity index (χ3n) is 9.38. The summed E-state index contributed by atoms with van der Waals surface area (Å²) < 4.78 is 4.65. The third kappa shape index (κ3) is 3.01. The molecule has 0 amide bonds. The van der Waals surface area contributed by atoms with Crippen molar-refractivity contribution < 1.29 is 0 Å². The molecule has 0 fully saturated rings. The zero-order valence-electron chi connectivity index (χ0n) is 23.8. The van der Waals surface area contributed by atoms with Crippen LogP contribution in [0.5, 0.6) is 0 Å². The summed E-state index contributed by atoms with van der Waals surface area (Å²) in [6.07, 6.45) is 0. The molecule has 3 N–H and O–H groups in total. The van der Waals surface area contributed by atoms with E-state index in [4.69, 9.17) is 5.73 Å². The predicted octanol–water partition coefficient (Wildman–Crippen LogP) is 10.2. The molecule has 0 saturated carbocycles. The Bertz CT molecular complexity index is 2750. The van der Waals surface area contributed by atoms with Crippen LogP contribution >= 0.6 is 0 Å². The second-order valence-corrected chi connectivity index (χ2v) is 11.7. The molecule has 44 heavy (non-hydrogen) atoms. The minimum Gasteiger partial charge on any atom is -0.397 e. The average molecular weight is 563 g/mol. The fraction of sp³-hybridized carbons (Fsp3) is 0. The summed E-state index contributed by atoms with van der Waals surface area (Å²) in [7, 11) is 0. The van der Waals surface area contributed by atoms with Crippen LogP contribution in [0.15, 0.2) is 140 Å². The van der Waals surface area contributed by atoms with Crippen LogP contribution in [-0.2, 0) is 0 Å². The SMILES string of the molecule is Nc1ccccc1Nn1c2cccc3c4cc5ccccc5cc4c4cccc5c4c4c(c32)c1ccc4n5-c1ccccc1. The van der Waals surface area contributed by atoms with E-state index in [9.17, 15) is 0 Å². The minimum atomic E-state index is 0.712. The molecule has 0 spiro atoms. The summed E-state index contributed by atoms with van der Waals surface area (Å²) in [5.41, 5.74) is 17.5. The molecule has 2 heterocycles. The van der Waals surface area contributed by atoms with Crippen molar-refractivity contribution in [1.29, 1.82) is 0 Å². The van der Waals surface area contributed by atoms with Gasteiger partial charge in [-0.25, -0.2) is 0 Å². The van der Waals surface area contributed by atoms with Crippen LogP contribution in [0.3, 0.4) is 0 Å². The number of nitrogens with two attached hydrogens (primary N) is 1. The molecule has 4 heteroatoms. The number of hydrogen-bond acceptors (Lipinski definition) is 2. The molecular weight excluding hydrogens is 536 g/mol. The van der Waals surface area contributed by atoms with Gasteiger partial charge in [-0.05, 0) is 93.0 Å². The molecule has 206 valence electrons. The van der Waals surface area contributed by atoms with Gasteiger partial charge in [-0.3, -0.25) is 10.1 Å².